The molecule has 0 N–H and O–H groups in total. The summed E-state index contributed by atoms with van der Waals surface area (Å²) in [6.07, 6.45) is 7.61. The van der Waals surface area contributed by atoms with E-state index in [-0.39, 0.29) is 45.8 Å². The molecule has 6 nitrogen and oxygen atoms in total. The predicted octanol–water partition coefficient (Wildman–Crippen LogP) is 6.51. The van der Waals surface area contributed by atoms with Gasteiger partial charge in [-0.05, 0) is 72.8 Å². The predicted molar refractivity (Wildman–Crippen MR) is 160 cm³/mol. The molecule has 220 valence electrons. The Balaban J connectivity index is 1.22. The molecule has 3 aromatic rings. The molecule has 0 saturated carbocycles. The average Bonchev–Trinajstić information content (AvgIpc) is 3.63. The molecule has 5 heterocycles. The Morgan fingerprint density at radius 2 is 1.86 bits per heavy atom. The van der Waals surface area contributed by atoms with E-state index >= 15 is 4.39 Å². The van der Waals surface area contributed by atoms with Crippen molar-refractivity contribution in [3.05, 3.63) is 82.1 Å². The number of anilines is 1. The molecule has 4 aliphatic rings. The largest absolute Gasteiger partial charge is 0.461 e. The van der Waals surface area contributed by atoms with Crippen LogP contribution in [0, 0.1) is 11.6 Å². The summed E-state index contributed by atoms with van der Waals surface area (Å²) in [5, 5.41) is 0.305. The minimum absolute atomic E-state index is 0.00664. The van der Waals surface area contributed by atoms with Gasteiger partial charge in [0.1, 0.15) is 23.8 Å². The summed E-state index contributed by atoms with van der Waals surface area (Å²) in [6, 6.07) is 11.9. The number of piperazine rings is 1. The lowest BCUT2D eigenvalue weighted by atomic mass is 9.89. The zero-order valence-electron chi connectivity index (χ0n) is 23.7. The Morgan fingerprint density at radius 3 is 2.57 bits per heavy atom. The Kier molecular flexibility index (Phi) is 6.86. The van der Waals surface area contributed by atoms with Crippen LogP contribution in [0.25, 0.3) is 10.9 Å². The van der Waals surface area contributed by atoms with Gasteiger partial charge in [-0.15, -0.1) is 0 Å². The molecule has 0 aliphatic carbocycles. The Hall–Kier alpha value is -2.95. The van der Waals surface area contributed by atoms with Crippen LogP contribution in [0.15, 0.2) is 64.9 Å². The van der Waals surface area contributed by atoms with Crippen LogP contribution in [-0.4, -0.2) is 70.2 Å². The van der Waals surface area contributed by atoms with E-state index in [0.29, 0.717) is 43.6 Å². The number of aromatic nitrogens is 2. The van der Waals surface area contributed by atoms with E-state index in [1.54, 1.807) is 0 Å². The number of nitrogens with zero attached hydrogens (tertiary/aromatic N) is 5. The van der Waals surface area contributed by atoms with Gasteiger partial charge in [-0.3, -0.25) is 9.80 Å². The van der Waals surface area contributed by atoms with E-state index in [1.807, 2.05) is 6.07 Å². The minimum atomic E-state index is -0.785. The van der Waals surface area contributed by atoms with Crippen molar-refractivity contribution in [3.63, 3.8) is 0 Å². The maximum Gasteiger partial charge on any atom is 0.319 e. The maximum absolute atomic E-state index is 15.5. The molecular formula is C32H33BrF3N5O. The van der Waals surface area contributed by atoms with Crippen LogP contribution in [0.1, 0.15) is 38.7 Å². The third kappa shape index (κ3) is 4.45. The minimum Gasteiger partial charge on any atom is -0.461 e. The second-order valence-electron chi connectivity index (χ2n) is 12.5. The first-order chi connectivity index (χ1) is 20.2. The molecule has 2 bridgehead atoms. The molecule has 0 radical (unpaired) electrons. The molecule has 0 amide bonds. The van der Waals surface area contributed by atoms with Gasteiger partial charge in [0.15, 0.2) is 5.82 Å². The first-order valence-corrected chi connectivity index (χ1v) is 15.3. The van der Waals surface area contributed by atoms with E-state index in [9.17, 15) is 8.78 Å². The SMILES string of the molecule is CC(C)(c1ccccc1)N1C2C=CC1CN(c1nc(OC[C@]34CCCN3C/C(=C/F)C4)nc3c(F)c(Br)c(F)cc13)C2. The van der Waals surface area contributed by atoms with Gasteiger partial charge >= 0.3 is 6.01 Å². The van der Waals surface area contributed by atoms with Gasteiger partial charge in [-0.2, -0.15) is 9.97 Å². The number of fused-ring (bicyclic) bond motifs is 4. The van der Waals surface area contributed by atoms with E-state index < -0.39 is 11.6 Å². The highest BCUT2D eigenvalue weighted by Gasteiger charge is 2.48. The van der Waals surface area contributed by atoms with Crippen molar-refractivity contribution in [1.29, 1.82) is 0 Å². The highest BCUT2D eigenvalue weighted by Crippen LogP contribution is 2.43. The van der Waals surface area contributed by atoms with Crippen molar-refractivity contribution in [2.24, 2.45) is 0 Å². The van der Waals surface area contributed by atoms with Crippen LogP contribution in [-0.2, 0) is 5.54 Å². The molecule has 1 aromatic heterocycles. The zero-order chi connectivity index (χ0) is 29.2. The molecule has 10 heteroatoms. The molecule has 3 fully saturated rings. The summed E-state index contributed by atoms with van der Waals surface area (Å²) in [4.78, 5) is 16.1. The van der Waals surface area contributed by atoms with Crippen molar-refractivity contribution in [2.75, 3.05) is 37.7 Å². The second kappa shape index (κ2) is 10.3. The van der Waals surface area contributed by atoms with Gasteiger partial charge in [0.25, 0.3) is 0 Å². The zero-order valence-corrected chi connectivity index (χ0v) is 25.2. The molecule has 3 atom stereocenters. The standard InChI is InChI=1S/C32H33BrF3N5O/c1-31(2,21-7-4-3-5-8-21)41-22-9-10-23(41)18-39(17-22)29-24-13-25(35)26(33)27(36)28(24)37-30(38-29)42-19-32-11-6-12-40(32)16-20(14-32)15-34/h3-5,7-10,13,15,22-23H,6,11-12,14,16-19H2,1-2H3/b20-15+/t22?,23?,32-/m1/s1. The van der Waals surface area contributed by atoms with Crippen molar-refractivity contribution < 1.29 is 17.9 Å². The lowest BCUT2D eigenvalue weighted by Crippen LogP contribution is -2.60. The maximum atomic E-state index is 15.5. The lowest BCUT2D eigenvalue weighted by Gasteiger charge is -2.50. The summed E-state index contributed by atoms with van der Waals surface area (Å²) < 4.78 is 49.7. The van der Waals surface area contributed by atoms with Crippen LogP contribution in [0.4, 0.5) is 19.0 Å². The van der Waals surface area contributed by atoms with Gasteiger partial charge in [-0.1, -0.05) is 42.5 Å². The highest BCUT2D eigenvalue weighted by molar-refractivity contribution is 9.10. The van der Waals surface area contributed by atoms with Crippen LogP contribution < -0.4 is 9.64 Å². The van der Waals surface area contributed by atoms with E-state index in [0.717, 1.165) is 25.0 Å². The van der Waals surface area contributed by atoms with Crippen molar-refractivity contribution in [1.82, 2.24) is 19.8 Å². The van der Waals surface area contributed by atoms with Crippen molar-refractivity contribution in [2.45, 2.75) is 56.3 Å². The van der Waals surface area contributed by atoms with Crippen molar-refractivity contribution in [3.8, 4) is 6.01 Å². The third-order valence-corrected chi connectivity index (χ3v) is 10.3. The average molecular weight is 641 g/mol. The third-order valence-electron chi connectivity index (χ3n) is 9.61. The van der Waals surface area contributed by atoms with E-state index in [2.05, 4.69) is 85.9 Å². The fourth-order valence-electron chi connectivity index (χ4n) is 7.60. The first-order valence-electron chi connectivity index (χ1n) is 14.5. The monoisotopic (exact) mass is 639 g/mol. The number of halogens is 4. The molecule has 4 aliphatic heterocycles. The summed E-state index contributed by atoms with van der Waals surface area (Å²) >= 11 is 3.04. The van der Waals surface area contributed by atoms with Gasteiger partial charge in [-0.25, -0.2) is 13.2 Å². The van der Waals surface area contributed by atoms with Crippen LogP contribution in [0.3, 0.4) is 0 Å². The lowest BCUT2D eigenvalue weighted by molar-refractivity contribution is 0.0590. The summed E-state index contributed by atoms with van der Waals surface area (Å²) in [7, 11) is 0. The topological polar surface area (TPSA) is 44.7 Å². The van der Waals surface area contributed by atoms with Crippen LogP contribution in [0.5, 0.6) is 6.01 Å². The van der Waals surface area contributed by atoms with Gasteiger partial charge in [0.2, 0.25) is 0 Å². The summed E-state index contributed by atoms with van der Waals surface area (Å²) in [6.45, 7) is 7.39. The van der Waals surface area contributed by atoms with Gasteiger partial charge < -0.3 is 9.64 Å². The molecular weight excluding hydrogens is 607 g/mol. The molecule has 2 aromatic carbocycles. The Morgan fingerprint density at radius 1 is 1.12 bits per heavy atom. The molecule has 0 spiro atoms. The van der Waals surface area contributed by atoms with Gasteiger partial charge in [0, 0.05) is 42.6 Å². The number of rotatable bonds is 6. The van der Waals surface area contributed by atoms with Gasteiger partial charge in [0.05, 0.1) is 16.3 Å². The smallest absolute Gasteiger partial charge is 0.319 e. The van der Waals surface area contributed by atoms with Crippen molar-refractivity contribution >= 4 is 32.7 Å². The molecule has 7 rings (SSSR count). The molecule has 3 saturated heterocycles. The van der Waals surface area contributed by atoms with E-state index in [1.165, 1.54) is 11.6 Å². The number of hydrogen-bond donors (Lipinski definition) is 0. The second-order valence-corrected chi connectivity index (χ2v) is 13.2. The molecule has 2 unspecified atom stereocenters. The number of benzene rings is 2. The highest BCUT2D eigenvalue weighted by atomic mass is 79.9. The summed E-state index contributed by atoms with van der Waals surface area (Å²) in [5.74, 6) is -1.04. The normalized spacial score (nSPS) is 27.0. The van der Waals surface area contributed by atoms with Crippen LogP contribution >= 0.6 is 15.9 Å². The fourth-order valence-corrected chi connectivity index (χ4v) is 7.90. The Labute approximate surface area is 252 Å². The molecule has 42 heavy (non-hydrogen) atoms. The fraction of sp³-hybridized carbons (Fsp3) is 0.438. The Bertz CT molecular complexity index is 1580. The quantitative estimate of drug-likeness (QED) is 0.226. The van der Waals surface area contributed by atoms with E-state index in [4.69, 9.17) is 9.72 Å². The van der Waals surface area contributed by atoms with Crippen LogP contribution in [0.2, 0.25) is 0 Å². The number of ether oxygens (including phenoxy) is 1. The summed E-state index contributed by atoms with van der Waals surface area (Å²) in [5.41, 5.74) is 1.44. The first kappa shape index (κ1) is 27.9. The number of hydrogen-bond acceptors (Lipinski definition) is 6.